The number of hydrogen-bond donors (Lipinski definition) is 0. The van der Waals surface area contributed by atoms with Crippen LogP contribution in [0, 0.1) is 5.92 Å². The van der Waals surface area contributed by atoms with Gasteiger partial charge in [0.25, 0.3) is 0 Å². The number of halogens is 3. The lowest BCUT2D eigenvalue weighted by Gasteiger charge is -2.34. The average molecular weight is 331 g/mol. The van der Waals surface area contributed by atoms with Crippen molar-refractivity contribution in [3.05, 3.63) is 35.4 Å². The summed E-state index contributed by atoms with van der Waals surface area (Å²) in [7, 11) is 1.54. The first-order valence-corrected chi connectivity index (χ1v) is 7.39. The molecule has 2 rings (SSSR count). The first kappa shape index (κ1) is 17.7. The third-order valence-electron chi connectivity index (χ3n) is 3.83. The zero-order valence-corrected chi connectivity index (χ0v) is 13.1. The van der Waals surface area contributed by atoms with Gasteiger partial charge in [0, 0.05) is 13.7 Å². The summed E-state index contributed by atoms with van der Waals surface area (Å²) in [5, 5.41) is 0. The smallest absolute Gasteiger partial charge is 0.384 e. The molecule has 1 aromatic carbocycles. The molecule has 1 saturated heterocycles. The molecule has 2 unspecified atom stereocenters. The molecule has 2 atom stereocenters. The Morgan fingerprint density at radius 2 is 2.04 bits per heavy atom. The summed E-state index contributed by atoms with van der Waals surface area (Å²) < 4.78 is 48.4. The molecular weight excluding hydrogens is 311 g/mol. The van der Waals surface area contributed by atoms with E-state index >= 15 is 0 Å². The molecule has 0 radical (unpaired) electrons. The van der Waals surface area contributed by atoms with Gasteiger partial charge in [-0.2, -0.15) is 13.2 Å². The number of methoxy groups -OCH3 is 1. The highest BCUT2D eigenvalue weighted by Crippen LogP contribution is 2.31. The first-order valence-electron chi connectivity index (χ1n) is 7.39. The standard InChI is InChI=1S/C16H20F3NO3/c1-11(10-22-2)15(21)20-7-8-23-14(9-20)12-3-5-13(6-4-12)16(17,18)19/h3-6,11,14H,7-10H2,1-2H3. The molecule has 23 heavy (non-hydrogen) atoms. The zero-order chi connectivity index (χ0) is 17.0. The van der Waals surface area contributed by atoms with Crippen molar-refractivity contribution < 1.29 is 27.4 Å². The van der Waals surface area contributed by atoms with Crippen molar-refractivity contribution in [1.82, 2.24) is 4.90 Å². The summed E-state index contributed by atoms with van der Waals surface area (Å²) in [6.07, 6.45) is -4.77. The van der Waals surface area contributed by atoms with Gasteiger partial charge in [-0.3, -0.25) is 4.79 Å². The van der Waals surface area contributed by atoms with Crippen LogP contribution in [0.5, 0.6) is 0 Å². The molecule has 0 spiro atoms. The van der Waals surface area contributed by atoms with Crippen LogP contribution in [0.25, 0.3) is 0 Å². The Labute approximate surface area is 133 Å². The highest BCUT2D eigenvalue weighted by atomic mass is 19.4. The normalized spacial score (nSPS) is 20.4. The predicted molar refractivity (Wildman–Crippen MR) is 77.8 cm³/mol. The Morgan fingerprint density at radius 3 is 2.61 bits per heavy atom. The van der Waals surface area contributed by atoms with Crippen LogP contribution in [0.4, 0.5) is 13.2 Å². The van der Waals surface area contributed by atoms with Crippen LogP contribution in [-0.4, -0.2) is 44.2 Å². The fraction of sp³-hybridized carbons (Fsp3) is 0.562. The molecule has 1 amide bonds. The van der Waals surface area contributed by atoms with E-state index in [9.17, 15) is 18.0 Å². The molecule has 4 nitrogen and oxygen atoms in total. The van der Waals surface area contributed by atoms with E-state index in [2.05, 4.69) is 0 Å². The quantitative estimate of drug-likeness (QED) is 0.852. The number of morpholine rings is 1. The van der Waals surface area contributed by atoms with Crippen LogP contribution in [0.3, 0.4) is 0 Å². The summed E-state index contributed by atoms with van der Waals surface area (Å²) in [5.74, 6) is -0.293. The Morgan fingerprint density at radius 1 is 1.39 bits per heavy atom. The number of amides is 1. The van der Waals surface area contributed by atoms with Crippen molar-refractivity contribution in [3.63, 3.8) is 0 Å². The number of benzene rings is 1. The van der Waals surface area contributed by atoms with Gasteiger partial charge >= 0.3 is 6.18 Å². The molecule has 0 aliphatic carbocycles. The third kappa shape index (κ3) is 4.45. The van der Waals surface area contributed by atoms with E-state index in [0.717, 1.165) is 12.1 Å². The van der Waals surface area contributed by atoms with Gasteiger partial charge in [0.05, 0.1) is 31.2 Å². The maximum absolute atomic E-state index is 12.6. The molecule has 0 aromatic heterocycles. The Kier molecular flexibility index (Phi) is 5.64. The second-order valence-electron chi connectivity index (χ2n) is 5.62. The minimum absolute atomic E-state index is 0.0351. The van der Waals surface area contributed by atoms with E-state index in [-0.39, 0.29) is 11.8 Å². The molecular formula is C16H20F3NO3. The van der Waals surface area contributed by atoms with Gasteiger partial charge in [0.15, 0.2) is 0 Å². The Balaban J connectivity index is 2.05. The van der Waals surface area contributed by atoms with Crippen molar-refractivity contribution in [2.75, 3.05) is 33.4 Å². The largest absolute Gasteiger partial charge is 0.416 e. The van der Waals surface area contributed by atoms with E-state index < -0.39 is 17.8 Å². The molecule has 1 aromatic rings. The molecule has 0 bridgehead atoms. The minimum Gasteiger partial charge on any atom is -0.384 e. The minimum atomic E-state index is -4.36. The highest BCUT2D eigenvalue weighted by Gasteiger charge is 2.31. The monoisotopic (exact) mass is 331 g/mol. The van der Waals surface area contributed by atoms with Gasteiger partial charge in [-0.15, -0.1) is 0 Å². The van der Waals surface area contributed by atoms with Gasteiger partial charge < -0.3 is 14.4 Å². The van der Waals surface area contributed by atoms with Gasteiger partial charge in [0.2, 0.25) is 5.91 Å². The number of alkyl halides is 3. The van der Waals surface area contributed by atoms with Gasteiger partial charge in [-0.25, -0.2) is 0 Å². The maximum atomic E-state index is 12.6. The fourth-order valence-electron chi connectivity index (χ4n) is 2.57. The average Bonchev–Trinajstić information content (AvgIpc) is 2.54. The SMILES string of the molecule is COCC(C)C(=O)N1CCOC(c2ccc(C(F)(F)F)cc2)C1. The first-order chi connectivity index (χ1) is 10.8. The second-order valence-corrected chi connectivity index (χ2v) is 5.62. The number of hydrogen-bond acceptors (Lipinski definition) is 3. The zero-order valence-electron chi connectivity index (χ0n) is 13.1. The van der Waals surface area contributed by atoms with Crippen LogP contribution in [0.2, 0.25) is 0 Å². The fourth-order valence-corrected chi connectivity index (χ4v) is 2.57. The lowest BCUT2D eigenvalue weighted by molar-refractivity contribution is -0.144. The number of ether oxygens (including phenoxy) is 2. The summed E-state index contributed by atoms with van der Waals surface area (Å²) in [5.41, 5.74) is -0.0615. The van der Waals surface area contributed by atoms with Crippen LogP contribution in [0.15, 0.2) is 24.3 Å². The van der Waals surface area contributed by atoms with Crippen molar-refractivity contribution in [1.29, 1.82) is 0 Å². The van der Waals surface area contributed by atoms with Crippen LogP contribution in [0.1, 0.15) is 24.2 Å². The summed E-state index contributed by atoms with van der Waals surface area (Å²) in [6, 6.07) is 4.88. The van der Waals surface area contributed by atoms with Gasteiger partial charge in [-0.1, -0.05) is 19.1 Å². The van der Waals surface area contributed by atoms with Gasteiger partial charge in [-0.05, 0) is 17.7 Å². The topological polar surface area (TPSA) is 38.8 Å². The van der Waals surface area contributed by atoms with E-state index in [1.807, 2.05) is 0 Å². The Bertz CT molecular complexity index is 530. The van der Waals surface area contributed by atoms with E-state index in [1.165, 1.54) is 19.2 Å². The second kappa shape index (κ2) is 7.31. The molecule has 0 saturated carbocycles. The summed E-state index contributed by atoms with van der Waals surface area (Å²) in [4.78, 5) is 14.0. The van der Waals surface area contributed by atoms with E-state index in [4.69, 9.17) is 9.47 Å². The van der Waals surface area contributed by atoms with Crippen molar-refractivity contribution >= 4 is 5.91 Å². The molecule has 128 valence electrons. The highest BCUT2D eigenvalue weighted by molar-refractivity contribution is 5.78. The molecule has 7 heteroatoms. The van der Waals surface area contributed by atoms with Crippen molar-refractivity contribution in [2.45, 2.75) is 19.2 Å². The summed E-state index contributed by atoms with van der Waals surface area (Å²) in [6.45, 7) is 3.29. The molecule has 0 N–H and O–H groups in total. The lowest BCUT2D eigenvalue weighted by atomic mass is 10.0. The third-order valence-corrected chi connectivity index (χ3v) is 3.83. The number of rotatable bonds is 4. The maximum Gasteiger partial charge on any atom is 0.416 e. The number of carbonyl (C=O) groups excluding carboxylic acids is 1. The number of carbonyl (C=O) groups is 1. The van der Waals surface area contributed by atoms with Gasteiger partial charge in [0.1, 0.15) is 6.10 Å². The predicted octanol–water partition coefficient (Wildman–Crippen LogP) is 2.89. The molecule has 1 heterocycles. The molecule has 1 aliphatic heterocycles. The van der Waals surface area contributed by atoms with Crippen LogP contribution < -0.4 is 0 Å². The molecule has 1 fully saturated rings. The van der Waals surface area contributed by atoms with E-state index in [0.29, 0.717) is 31.9 Å². The van der Waals surface area contributed by atoms with E-state index in [1.54, 1.807) is 11.8 Å². The van der Waals surface area contributed by atoms with Crippen LogP contribution in [-0.2, 0) is 20.4 Å². The lowest BCUT2D eigenvalue weighted by Crippen LogP contribution is -2.45. The summed E-state index contributed by atoms with van der Waals surface area (Å²) >= 11 is 0. The van der Waals surface area contributed by atoms with Crippen LogP contribution >= 0.6 is 0 Å². The Hall–Kier alpha value is -1.60. The van der Waals surface area contributed by atoms with Crippen molar-refractivity contribution in [2.24, 2.45) is 5.92 Å². The van der Waals surface area contributed by atoms with Crippen molar-refractivity contribution in [3.8, 4) is 0 Å². The number of nitrogens with zero attached hydrogens (tertiary/aromatic N) is 1. The molecule has 1 aliphatic rings.